The quantitative estimate of drug-likeness (QED) is 0.467. The third-order valence-electron chi connectivity index (χ3n) is 4.03. The van der Waals surface area contributed by atoms with Crippen LogP contribution < -0.4 is 5.73 Å². The fourth-order valence-corrected chi connectivity index (χ4v) is 2.61. The smallest absolute Gasteiger partial charge is 0.303 e. The first-order chi connectivity index (χ1) is 12.4. The van der Waals surface area contributed by atoms with Crippen molar-refractivity contribution in [3.8, 4) is 17.1 Å². The van der Waals surface area contributed by atoms with Crippen LogP contribution in [0.15, 0.2) is 48.5 Å². The van der Waals surface area contributed by atoms with Crippen molar-refractivity contribution < 1.29 is 9.90 Å². The van der Waals surface area contributed by atoms with E-state index in [1.807, 2.05) is 43.3 Å². The van der Waals surface area contributed by atoms with Crippen molar-refractivity contribution in [2.24, 2.45) is 5.73 Å². The Labute approximate surface area is 150 Å². The van der Waals surface area contributed by atoms with Crippen LogP contribution in [-0.4, -0.2) is 31.7 Å². The third-order valence-corrected chi connectivity index (χ3v) is 4.03. The molecular formula is C19H19N5O2. The number of hydrogen-bond donors (Lipinski definition) is 3. The molecule has 0 saturated heterocycles. The summed E-state index contributed by atoms with van der Waals surface area (Å²) < 4.78 is 1.73. The minimum atomic E-state index is -0.805. The molecule has 132 valence electrons. The molecule has 2 aromatic carbocycles. The average molecular weight is 349 g/mol. The number of amidine groups is 1. The van der Waals surface area contributed by atoms with Crippen molar-refractivity contribution in [3.63, 3.8) is 0 Å². The molecule has 0 spiro atoms. The van der Waals surface area contributed by atoms with Crippen LogP contribution in [-0.2, 0) is 11.2 Å². The van der Waals surface area contributed by atoms with E-state index in [0.717, 1.165) is 22.6 Å². The number of aromatic nitrogens is 3. The van der Waals surface area contributed by atoms with Gasteiger partial charge in [-0.1, -0.05) is 24.3 Å². The molecule has 0 radical (unpaired) electrons. The molecule has 26 heavy (non-hydrogen) atoms. The lowest BCUT2D eigenvalue weighted by Gasteiger charge is -2.04. The SMILES string of the molecule is Cc1nc(-c2ccc(CCC(=O)O)cc2)nn1-c1ccc(C(=N)N)cc1. The molecule has 3 aromatic rings. The summed E-state index contributed by atoms with van der Waals surface area (Å²) in [6, 6.07) is 14.8. The molecular weight excluding hydrogens is 330 g/mol. The van der Waals surface area contributed by atoms with Gasteiger partial charge in [-0.25, -0.2) is 9.67 Å². The lowest BCUT2D eigenvalue weighted by molar-refractivity contribution is -0.136. The number of rotatable bonds is 6. The number of aliphatic carboxylic acids is 1. The van der Waals surface area contributed by atoms with E-state index in [1.165, 1.54) is 0 Å². The number of hydrogen-bond acceptors (Lipinski definition) is 4. The second-order valence-corrected chi connectivity index (χ2v) is 5.95. The van der Waals surface area contributed by atoms with Crippen LogP contribution in [0.5, 0.6) is 0 Å². The second-order valence-electron chi connectivity index (χ2n) is 5.95. The maximum atomic E-state index is 10.7. The first-order valence-corrected chi connectivity index (χ1v) is 8.13. The van der Waals surface area contributed by atoms with E-state index in [0.29, 0.717) is 17.8 Å². The van der Waals surface area contributed by atoms with Gasteiger partial charge in [-0.15, -0.1) is 5.10 Å². The maximum Gasteiger partial charge on any atom is 0.303 e. The number of carboxylic acids is 1. The number of carboxylic acid groups (broad SMARTS) is 1. The third kappa shape index (κ3) is 3.77. The zero-order chi connectivity index (χ0) is 18.7. The summed E-state index contributed by atoms with van der Waals surface area (Å²) in [6.07, 6.45) is 0.612. The van der Waals surface area contributed by atoms with Crippen molar-refractivity contribution in [3.05, 3.63) is 65.5 Å². The minimum absolute atomic E-state index is 0.0236. The molecule has 7 nitrogen and oxygen atoms in total. The van der Waals surface area contributed by atoms with Gasteiger partial charge in [0.1, 0.15) is 11.7 Å². The zero-order valence-electron chi connectivity index (χ0n) is 14.3. The molecule has 1 aromatic heterocycles. The number of carbonyl (C=O) groups is 1. The number of nitrogens with zero attached hydrogens (tertiary/aromatic N) is 3. The van der Waals surface area contributed by atoms with Crippen molar-refractivity contribution in [1.82, 2.24) is 14.8 Å². The fraction of sp³-hybridized carbons (Fsp3) is 0.158. The van der Waals surface area contributed by atoms with Crippen LogP contribution in [0.1, 0.15) is 23.4 Å². The Morgan fingerprint density at radius 3 is 2.38 bits per heavy atom. The molecule has 0 aliphatic rings. The van der Waals surface area contributed by atoms with E-state index >= 15 is 0 Å². The summed E-state index contributed by atoms with van der Waals surface area (Å²) in [4.78, 5) is 15.2. The molecule has 0 amide bonds. The van der Waals surface area contributed by atoms with Crippen LogP contribution in [0.2, 0.25) is 0 Å². The van der Waals surface area contributed by atoms with E-state index < -0.39 is 5.97 Å². The largest absolute Gasteiger partial charge is 0.481 e. The van der Waals surface area contributed by atoms with Gasteiger partial charge in [-0.3, -0.25) is 10.2 Å². The van der Waals surface area contributed by atoms with Gasteiger partial charge in [0.05, 0.1) is 5.69 Å². The molecule has 4 N–H and O–H groups in total. The molecule has 3 rings (SSSR count). The number of nitrogens with one attached hydrogen (secondary N) is 1. The van der Waals surface area contributed by atoms with Gasteiger partial charge in [0.2, 0.25) is 0 Å². The summed E-state index contributed by atoms with van der Waals surface area (Å²) in [5.74, 6) is 0.560. The molecule has 1 heterocycles. The number of aryl methyl sites for hydroxylation is 2. The van der Waals surface area contributed by atoms with Gasteiger partial charge in [0, 0.05) is 17.5 Å². The van der Waals surface area contributed by atoms with Crippen LogP contribution in [0.3, 0.4) is 0 Å². The van der Waals surface area contributed by atoms with Crippen LogP contribution in [0, 0.1) is 12.3 Å². The predicted octanol–water partition coefficient (Wildman–Crippen LogP) is 2.54. The fourth-order valence-electron chi connectivity index (χ4n) is 2.61. The first-order valence-electron chi connectivity index (χ1n) is 8.13. The molecule has 0 saturated carbocycles. The number of nitrogen functional groups attached to an aromatic ring is 1. The zero-order valence-corrected chi connectivity index (χ0v) is 14.3. The highest BCUT2D eigenvalue weighted by Gasteiger charge is 2.10. The standard InChI is InChI=1S/C19H19N5O2/c1-12-22-19(15-5-2-13(3-6-15)4-11-17(25)26)23-24(12)16-9-7-14(8-10-16)18(20)21/h2-3,5-10H,4,11H2,1H3,(H3,20,21)(H,25,26). The summed E-state index contributed by atoms with van der Waals surface area (Å²) in [7, 11) is 0. The Balaban J connectivity index is 1.83. The highest BCUT2D eigenvalue weighted by Crippen LogP contribution is 2.19. The van der Waals surface area contributed by atoms with Crippen molar-refractivity contribution >= 4 is 11.8 Å². The first kappa shape index (κ1) is 17.3. The lowest BCUT2D eigenvalue weighted by Crippen LogP contribution is -2.11. The van der Waals surface area contributed by atoms with Crippen molar-refractivity contribution in [2.45, 2.75) is 19.8 Å². The average Bonchev–Trinajstić information content (AvgIpc) is 3.02. The molecule has 7 heteroatoms. The van der Waals surface area contributed by atoms with Crippen LogP contribution in [0.25, 0.3) is 17.1 Å². The molecule has 0 aliphatic heterocycles. The van der Waals surface area contributed by atoms with Gasteiger partial charge < -0.3 is 10.8 Å². The van der Waals surface area contributed by atoms with Gasteiger partial charge in [-0.05, 0) is 43.2 Å². The summed E-state index contributed by atoms with van der Waals surface area (Å²) >= 11 is 0. The van der Waals surface area contributed by atoms with Crippen molar-refractivity contribution in [2.75, 3.05) is 0 Å². The highest BCUT2D eigenvalue weighted by molar-refractivity contribution is 5.95. The topological polar surface area (TPSA) is 118 Å². The summed E-state index contributed by atoms with van der Waals surface area (Å²) in [5.41, 5.74) is 8.80. The van der Waals surface area contributed by atoms with Crippen LogP contribution in [0.4, 0.5) is 0 Å². The van der Waals surface area contributed by atoms with E-state index in [9.17, 15) is 4.79 Å². The lowest BCUT2D eigenvalue weighted by atomic mass is 10.1. The summed E-state index contributed by atoms with van der Waals surface area (Å²) in [6.45, 7) is 1.87. The maximum absolute atomic E-state index is 10.7. The van der Waals surface area contributed by atoms with E-state index in [4.69, 9.17) is 16.2 Å². The van der Waals surface area contributed by atoms with Gasteiger partial charge in [-0.2, -0.15) is 0 Å². The van der Waals surface area contributed by atoms with Crippen molar-refractivity contribution in [1.29, 1.82) is 5.41 Å². The van der Waals surface area contributed by atoms with Gasteiger partial charge >= 0.3 is 5.97 Å². The number of benzene rings is 2. The monoisotopic (exact) mass is 349 g/mol. The molecule has 0 atom stereocenters. The van der Waals surface area contributed by atoms with E-state index in [-0.39, 0.29) is 12.3 Å². The molecule has 0 fully saturated rings. The highest BCUT2D eigenvalue weighted by atomic mass is 16.4. The van der Waals surface area contributed by atoms with E-state index in [2.05, 4.69) is 10.1 Å². The summed E-state index contributed by atoms with van der Waals surface area (Å²) in [5, 5.41) is 20.8. The Kier molecular flexibility index (Phi) is 4.79. The Hall–Kier alpha value is -3.48. The second kappa shape index (κ2) is 7.18. The molecule has 0 aliphatic carbocycles. The van der Waals surface area contributed by atoms with Gasteiger partial charge in [0.15, 0.2) is 5.82 Å². The Morgan fingerprint density at radius 2 is 1.81 bits per heavy atom. The molecule has 0 bridgehead atoms. The predicted molar refractivity (Wildman–Crippen MR) is 98.5 cm³/mol. The minimum Gasteiger partial charge on any atom is -0.481 e. The Morgan fingerprint density at radius 1 is 1.15 bits per heavy atom. The number of nitrogens with two attached hydrogens (primary N) is 1. The van der Waals surface area contributed by atoms with Crippen LogP contribution >= 0.6 is 0 Å². The molecule has 0 unspecified atom stereocenters. The Bertz CT molecular complexity index is 943. The normalized spacial score (nSPS) is 10.7. The van der Waals surface area contributed by atoms with Gasteiger partial charge in [0.25, 0.3) is 0 Å². The van der Waals surface area contributed by atoms with E-state index in [1.54, 1.807) is 16.8 Å².